The van der Waals surface area contributed by atoms with Crippen molar-refractivity contribution in [3.63, 3.8) is 0 Å². The Kier molecular flexibility index (Phi) is 3.37. The van der Waals surface area contributed by atoms with E-state index in [1.807, 2.05) is 35.2 Å². The van der Waals surface area contributed by atoms with E-state index in [1.54, 1.807) is 13.4 Å². The smallest absolute Gasteiger partial charge is 0.317 e. The van der Waals surface area contributed by atoms with E-state index in [-0.39, 0.29) is 12.1 Å². The number of carbonyl (C=O) groups is 1. The fourth-order valence-electron chi connectivity index (χ4n) is 2.62. The predicted octanol–water partition coefficient (Wildman–Crippen LogP) is 1.53. The van der Waals surface area contributed by atoms with Crippen LogP contribution >= 0.6 is 0 Å². The van der Waals surface area contributed by atoms with Gasteiger partial charge in [-0.25, -0.2) is 4.79 Å². The predicted molar refractivity (Wildman–Crippen MR) is 75.1 cm³/mol. The third kappa shape index (κ3) is 2.24. The monoisotopic (exact) mass is 271 g/mol. The highest BCUT2D eigenvalue weighted by molar-refractivity contribution is 5.74. The van der Waals surface area contributed by atoms with Crippen LogP contribution in [0.3, 0.4) is 0 Å². The van der Waals surface area contributed by atoms with Gasteiger partial charge in [-0.05, 0) is 6.42 Å². The van der Waals surface area contributed by atoms with E-state index in [4.69, 9.17) is 0 Å². The maximum absolute atomic E-state index is 11.7. The molecule has 3 rings (SSSR count). The lowest BCUT2D eigenvalue weighted by Crippen LogP contribution is -2.36. The molecule has 2 heterocycles. The van der Waals surface area contributed by atoms with E-state index < -0.39 is 0 Å². The van der Waals surface area contributed by atoms with E-state index in [2.05, 4.69) is 20.1 Å². The number of likely N-dealkylation sites (tertiary alicyclic amines) is 1. The van der Waals surface area contributed by atoms with Crippen LogP contribution in [0, 0.1) is 0 Å². The van der Waals surface area contributed by atoms with Crippen LogP contribution in [0.1, 0.15) is 12.5 Å². The minimum Gasteiger partial charge on any atom is -0.341 e. The summed E-state index contributed by atoms with van der Waals surface area (Å²) in [5, 5.41) is 10.9. The van der Waals surface area contributed by atoms with Crippen molar-refractivity contribution in [3.8, 4) is 11.4 Å². The second-order valence-electron chi connectivity index (χ2n) is 4.87. The fourth-order valence-corrected chi connectivity index (χ4v) is 2.62. The molecule has 1 aliphatic heterocycles. The first-order valence-electron chi connectivity index (χ1n) is 6.71. The molecule has 2 amide bonds. The van der Waals surface area contributed by atoms with Crippen molar-refractivity contribution in [1.82, 2.24) is 25.0 Å². The van der Waals surface area contributed by atoms with E-state index in [9.17, 15) is 4.79 Å². The van der Waals surface area contributed by atoms with Crippen LogP contribution in [-0.2, 0) is 0 Å². The molecule has 0 spiro atoms. The summed E-state index contributed by atoms with van der Waals surface area (Å²) in [4.78, 5) is 13.5. The molecule has 0 bridgehead atoms. The molecule has 1 aromatic carbocycles. The van der Waals surface area contributed by atoms with Crippen molar-refractivity contribution in [1.29, 1.82) is 0 Å². The standard InChI is InChI=1S/C14H17N5O/c1-15-14(20)18-8-7-12(9-18)19-10-16-17-13(19)11-5-3-2-4-6-11/h2-6,10,12H,7-9H2,1H3,(H,15,20). The summed E-state index contributed by atoms with van der Waals surface area (Å²) in [5.41, 5.74) is 1.04. The minimum atomic E-state index is -0.0261. The zero-order valence-electron chi connectivity index (χ0n) is 11.4. The average Bonchev–Trinajstić information content (AvgIpc) is 3.15. The maximum atomic E-state index is 11.7. The number of nitrogens with zero attached hydrogens (tertiary/aromatic N) is 4. The summed E-state index contributed by atoms with van der Waals surface area (Å²) in [7, 11) is 1.66. The van der Waals surface area contributed by atoms with Crippen LogP contribution in [0.2, 0.25) is 0 Å². The Balaban J connectivity index is 1.83. The molecule has 20 heavy (non-hydrogen) atoms. The largest absolute Gasteiger partial charge is 0.341 e. The minimum absolute atomic E-state index is 0.0261. The molecule has 1 fully saturated rings. The Bertz CT molecular complexity index is 595. The fraction of sp³-hybridized carbons (Fsp3) is 0.357. The van der Waals surface area contributed by atoms with Crippen LogP contribution in [0.15, 0.2) is 36.7 Å². The number of rotatable bonds is 2. The van der Waals surface area contributed by atoms with E-state index in [0.717, 1.165) is 24.4 Å². The second kappa shape index (κ2) is 5.32. The normalized spacial score (nSPS) is 18.2. The molecule has 104 valence electrons. The summed E-state index contributed by atoms with van der Waals surface area (Å²) in [6.07, 6.45) is 2.67. The molecule has 0 aliphatic carbocycles. The lowest BCUT2D eigenvalue weighted by molar-refractivity contribution is 0.209. The SMILES string of the molecule is CNC(=O)N1CCC(n2cnnc2-c2ccccc2)C1. The lowest BCUT2D eigenvalue weighted by Gasteiger charge is -2.17. The van der Waals surface area contributed by atoms with E-state index >= 15 is 0 Å². The van der Waals surface area contributed by atoms with E-state index in [1.165, 1.54) is 0 Å². The quantitative estimate of drug-likeness (QED) is 0.901. The van der Waals surface area contributed by atoms with Crippen molar-refractivity contribution in [3.05, 3.63) is 36.7 Å². The van der Waals surface area contributed by atoms with Crippen molar-refractivity contribution in [2.24, 2.45) is 0 Å². The zero-order valence-corrected chi connectivity index (χ0v) is 11.4. The molecule has 2 aromatic rings. The number of urea groups is 1. The highest BCUT2D eigenvalue weighted by Gasteiger charge is 2.28. The van der Waals surface area contributed by atoms with E-state index in [0.29, 0.717) is 6.54 Å². The molecule has 1 aliphatic rings. The highest BCUT2D eigenvalue weighted by atomic mass is 16.2. The summed E-state index contributed by atoms with van der Waals surface area (Å²) in [6, 6.07) is 10.2. The molecule has 0 saturated carbocycles. The van der Waals surface area contributed by atoms with Crippen LogP contribution < -0.4 is 5.32 Å². The lowest BCUT2D eigenvalue weighted by atomic mass is 10.2. The molecule has 6 heteroatoms. The highest BCUT2D eigenvalue weighted by Crippen LogP contribution is 2.26. The van der Waals surface area contributed by atoms with Gasteiger partial charge in [-0.15, -0.1) is 10.2 Å². The number of benzene rings is 1. The Labute approximate surface area is 117 Å². The molecule has 1 atom stereocenters. The second-order valence-corrected chi connectivity index (χ2v) is 4.87. The van der Waals surface area contributed by atoms with Crippen molar-refractivity contribution in [2.45, 2.75) is 12.5 Å². The van der Waals surface area contributed by atoms with Gasteiger partial charge < -0.3 is 14.8 Å². The van der Waals surface area contributed by atoms with Gasteiger partial charge in [0.05, 0.1) is 6.04 Å². The number of hydrogen-bond donors (Lipinski definition) is 1. The van der Waals surface area contributed by atoms with Gasteiger partial charge >= 0.3 is 6.03 Å². The van der Waals surface area contributed by atoms with Gasteiger partial charge in [0.1, 0.15) is 6.33 Å². The third-order valence-electron chi connectivity index (χ3n) is 3.66. The summed E-state index contributed by atoms with van der Waals surface area (Å²) < 4.78 is 2.07. The topological polar surface area (TPSA) is 63.1 Å². The Hall–Kier alpha value is -2.37. The summed E-state index contributed by atoms with van der Waals surface area (Å²) >= 11 is 0. The molecule has 6 nitrogen and oxygen atoms in total. The summed E-state index contributed by atoms with van der Waals surface area (Å²) in [5.74, 6) is 0.856. The molecule has 1 saturated heterocycles. The maximum Gasteiger partial charge on any atom is 0.317 e. The van der Waals surface area contributed by atoms with Crippen molar-refractivity contribution >= 4 is 6.03 Å². The third-order valence-corrected chi connectivity index (χ3v) is 3.66. The molecule has 1 aromatic heterocycles. The van der Waals surface area contributed by atoms with Crippen LogP contribution in [-0.4, -0.2) is 45.8 Å². The average molecular weight is 271 g/mol. The first-order valence-corrected chi connectivity index (χ1v) is 6.71. The zero-order chi connectivity index (χ0) is 13.9. The van der Waals surface area contributed by atoms with Crippen molar-refractivity contribution < 1.29 is 4.79 Å². The Morgan fingerprint density at radius 1 is 1.35 bits per heavy atom. The van der Waals surface area contributed by atoms with Gasteiger partial charge in [-0.1, -0.05) is 30.3 Å². The van der Waals surface area contributed by atoms with Crippen molar-refractivity contribution in [2.75, 3.05) is 20.1 Å². The first kappa shape index (κ1) is 12.7. The molecule has 1 N–H and O–H groups in total. The number of carbonyl (C=O) groups excluding carboxylic acids is 1. The van der Waals surface area contributed by atoms with Crippen LogP contribution in [0.25, 0.3) is 11.4 Å². The summed E-state index contributed by atoms with van der Waals surface area (Å²) in [6.45, 7) is 1.45. The van der Waals surface area contributed by atoms with Gasteiger partial charge in [0.15, 0.2) is 5.82 Å². The number of aromatic nitrogens is 3. The Morgan fingerprint density at radius 3 is 2.90 bits per heavy atom. The molecule has 0 radical (unpaired) electrons. The van der Waals surface area contributed by atoms with Gasteiger partial charge in [0.2, 0.25) is 0 Å². The number of amides is 2. The molecular weight excluding hydrogens is 254 g/mol. The van der Waals surface area contributed by atoms with Gasteiger partial charge in [0, 0.05) is 25.7 Å². The Morgan fingerprint density at radius 2 is 2.15 bits per heavy atom. The van der Waals surface area contributed by atoms with Gasteiger partial charge in [-0.2, -0.15) is 0 Å². The number of hydrogen-bond acceptors (Lipinski definition) is 3. The number of nitrogens with one attached hydrogen (secondary N) is 1. The molecular formula is C14H17N5O. The molecule has 1 unspecified atom stereocenters. The first-order chi connectivity index (χ1) is 9.79. The van der Waals surface area contributed by atoms with Gasteiger partial charge in [0.25, 0.3) is 0 Å². The van der Waals surface area contributed by atoms with Gasteiger partial charge in [-0.3, -0.25) is 0 Å². The van der Waals surface area contributed by atoms with Crippen LogP contribution in [0.4, 0.5) is 4.79 Å². The van der Waals surface area contributed by atoms with Crippen LogP contribution in [0.5, 0.6) is 0 Å².